The molecule has 0 radical (unpaired) electrons. The van der Waals surface area contributed by atoms with Crippen LogP contribution in [0.15, 0.2) is 55.2 Å². The Balaban J connectivity index is 1.40. The number of hydrogen-bond donors (Lipinski definition) is 2. The number of carbonyl (C=O) groups is 2. The van der Waals surface area contributed by atoms with Crippen LogP contribution in [0.3, 0.4) is 0 Å². The average molecular weight is 463 g/mol. The predicted molar refractivity (Wildman–Crippen MR) is 122 cm³/mol. The second-order valence-electron chi connectivity index (χ2n) is 8.85. The quantitative estimate of drug-likeness (QED) is 0.569. The van der Waals surface area contributed by atoms with Gasteiger partial charge in [-0.2, -0.15) is 5.10 Å². The molecule has 34 heavy (non-hydrogen) atoms. The number of carbonyl (C=O) groups excluding carboxylic acids is 1. The van der Waals surface area contributed by atoms with Gasteiger partial charge in [0.15, 0.2) is 11.4 Å². The fraction of sp³-hybridized carbons (Fsp3) is 0.375. The largest absolute Gasteiger partial charge is 0.476 e. The van der Waals surface area contributed by atoms with Crippen LogP contribution in [-0.2, 0) is 6.54 Å². The molecule has 0 aliphatic carbocycles. The standard InChI is InChI=1S/C24H26N6O4/c31-22(30-10-4-20(28-30)23(32)33)21-24(5-8-25-9-6-24)7-11-29(21)15-17-2-1-3-18(12-17)34-19-13-26-16-27-14-19/h1-4,10,12-14,16,21,25H,5-9,11,15H2,(H,32,33). The van der Waals surface area contributed by atoms with E-state index in [-0.39, 0.29) is 23.1 Å². The van der Waals surface area contributed by atoms with Crippen LogP contribution in [0, 0.1) is 5.41 Å². The molecule has 5 rings (SSSR count). The maximum atomic E-state index is 13.7. The van der Waals surface area contributed by atoms with Crippen LogP contribution >= 0.6 is 0 Å². The molecule has 1 spiro atoms. The molecule has 10 nitrogen and oxygen atoms in total. The first-order valence-electron chi connectivity index (χ1n) is 11.3. The maximum absolute atomic E-state index is 13.7. The lowest BCUT2D eigenvalue weighted by Crippen LogP contribution is -2.51. The number of likely N-dealkylation sites (tertiary alicyclic amines) is 1. The Morgan fingerprint density at radius 3 is 2.65 bits per heavy atom. The Bertz CT molecular complexity index is 1170. The number of nitrogens with one attached hydrogen (secondary N) is 1. The number of benzene rings is 1. The van der Waals surface area contributed by atoms with E-state index in [0.717, 1.165) is 44.5 Å². The highest BCUT2D eigenvalue weighted by Gasteiger charge is 2.51. The summed E-state index contributed by atoms with van der Waals surface area (Å²) in [7, 11) is 0. The summed E-state index contributed by atoms with van der Waals surface area (Å²) < 4.78 is 7.07. The van der Waals surface area contributed by atoms with E-state index in [1.54, 1.807) is 12.4 Å². The Hall–Kier alpha value is -3.63. The summed E-state index contributed by atoms with van der Waals surface area (Å²) in [4.78, 5) is 35.1. The topological polar surface area (TPSA) is 122 Å². The Morgan fingerprint density at radius 2 is 1.91 bits per heavy atom. The van der Waals surface area contributed by atoms with E-state index in [1.807, 2.05) is 24.3 Å². The van der Waals surface area contributed by atoms with Crippen molar-refractivity contribution in [1.29, 1.82) is 0 Å². The molecule has 0 amide bonds. The van der Waals surface area contributed by atoms with E-state index in [1.165, 1.54) is 23.3 Å². The molecule has 2 aliphatic heterocycles. The van der Waals surface area contributed by atoms with Gasteiger partial charge in [-0.05, 0) is 68.1 Å². The van der Waals surface area contributed by atoms with Gasteiger partial charge in [0.05, 0.1) is 18.4 Å². The minimum Gasteiger partial charge on any atom is -0.476 e. The first-order valence-corrected chi connectivity index (χ1v) is 11.3. The third-order valence-corrected chi connectivity index (χ3v) is 6.77. The number of carboxylic acid groups (broad SMARTS) is 1. The van der Waals surface area contributed by atoms with E-state index in [0.29, 0.717) is 18.0 Å². The smallest absolute Gasteiger partial charge is 0.356 e. The fourth-order valence-electron chi connectivity index (χ4n) is 5.16. The van der Waals surface area contributed by atoms with Crippen LogP contribution < -0.4 is 10.1 Å². The van der Waals surface area contributed by atoms with Crippen molar-refractivity contribution >= 4 is 11.9 Å². The zero-order valence-corrected chi connectivity index (χ0v) is 18.6. The van der Waals surface area contributed by atoms with E-state index >= 15 is 0 Å². The molecule has 1 unspecified atom stereocenters. The summed E-state index contributed by atoms with van der Waals surface area (Å²) >= 11 is 0. The van der Waals surface area contributed by atoms with Gasteiger partial charge in [0, 0.05) is 12.7 Å². The molecule has 1 atom stereocenters. The van der Waals surface area contributed by atoms with Gasteiger partial charge in [0.1, 0.15) is 12.1 Å². The zero-order valence-electron chi connectivity index (χ0n) is 18.6. The summed E-state index contributed by atoms with van der Waals surface area (Å²) in [6.45, 7) is 3.07. The molecule has 2 saturated heterocycles. The molecule has 10 heteroatoms. The molecule has 2 aromatic heterocycles. The second-order valence-corrected chi connectivity index (χ2v) is 8.85. The summed E-state index contributed by atoms with van der Waals surface area (Å²) in [5.41, 5.74) is 0.726. The predicted octanol–water partition coefficient (Wildman–Crippen LogP) is 2.45. The van der Waals surface area contributed by atoms with E-state index in [4.69, 9.17) is 4.74 Å². The van der Waals surface area contributed by atoms with Gasteiger partial charge in [-0.15, -0.1) is 0 Å². The minimum absolute atomic E-state index is 0.132. The van der Waals surface area contributed by atoms with Gasteiger partial charge in [-0.3, -0.25) is 9.69 Å². The lowest BCUT2D eigenvalue weighted by atomic mass is 9.72. The van der Waals surface area contributed by atoms with Crippen LogP contribution in [0.1, 0.15) is 40.1 Å². The van der Waals surface area contributed by atoms with E-state index in [9.17, 15) is 14.7 Å². The van der Waals surface area contributed by atoms with Gasteiger partial charge in [-0.25, -0.2) is 19.4 Å². The normalized spacial score (nSPS) is 19.8. The number of piperidine rings is 1. The van der Waals surface area contributed by atoms with E-state index < -0.39 is 5.97 Å². The van der Waals surface area contributed by atoms with Crippen molar-refractivity contribution in [2.24, 2.45) is 5.41 Å². The third-order valence-electron chi connectivity index (χ3n) is 6.77. The SMILES string of the molecule is O=C(O)c1ccn(C(=O)C2N(Cc3cccc(Oc4cncnc4)c3)CCC23CCNCC3)n1. The Kier molecular flexibility index (Phi) is 6.08. The summed E-state index contributed by atoms with van der Waals surface area (Å²) in [5.74, 6) is -0.104. The molecule has 3 aromatic rings. The number of rotatable bonds is 6. The molecule has 4 heterocycles. The minimum atomic E-state index is -1.15. The van der Waals surface area contributed by atoms with Gasteiger partial charge in [0.25, 0.3) is 5.91 Å². The van der Waals surface area contributed by atoms with Gasteiger partial charge < -0.3 is 15.2 Å². The number of aromatic nitrogens is 4. The molecule has 0 saturated carbocycles. The van der Waals surface area contributed by atoms with Crippen LogP contribution in [-0.4, -0.2) is 67.3 Å². The van der Waals surface area contributed by atoms with Crippen molar-refractivity contribution in [2.75, 3.05) is 19.6 Å². The molecule has 0 bridgehead atoms. The van der Waals surface area contributed by atoms with Crippen LogP contribution in [0.2, 0.25) is 0 Å². The van der Waals surface area contributed by atoms with Gasteiger partial charge >= 0.3 is 5.97 Å². The van der Waals surface area contributed by atoms with Crippen LogP contribution in [0.4, 0.5) is 0 Å². The lowest BCUT2D eigenvalue weighted by molar-refractivity contribution is 0.0542. The number of ether oxygens (including phenoxy) is 1. The highest BCUT2D eigenvalue weighted by molar-refractivity contribution is 5.88. The second kappa shape index (κ2) is 9.32. The first kappa shape index (κ1) is 22.2. The lowest BCUT2D eigenvalue weighted by Gasteiger charge is -2.40. The van der Waals surface area contributed by atoms with Crippen molar-refractivity contribution in [1.82, 2.24) is 30.0 Å². The monoisotopic (exact) mass is 462 g/mol. The molecule has 2 fully saturated rings. The van der Waals surface area contributed by atoms with Gasteiger partial charge in [0.2, 0.25) is 0 Å². The van der Waals surface area contributed by atoms with Gasteiger partial charge in [-0.1, -0.05) is 12.1 Å². The van der Waals surface area contributed by atoms with Crippen molar-refractivity contribution in [3.63, 3.8) is 0 Å². The molecular weight excluding hydrogens is 436 g/mol. The van der Waals surface area contributed by atoms with Crippen molar-refractivity contribution in [3.05, 3.63) is 66.5 Å². The molecule has 2 N–H and O–H groups in total. The average Bonchev–Trinajstić information content (AvgIpc) is 3.47. The summed E-state index contributed by atoms with van der Waals surface area (Å²) in [5, 5.41) is 16.7. The van der Waals surface area contributed by atoms with Crippen LogP contribution in [0.5, 0.6) is 11.5 Å². The van der Waals surface area contributed by atoms with Crippen LogP contribution in [0.25, 0.3) is 0 Å². The zero-order chi connectivity index (χ0) is 23.5. The highest BCUT2D eigenvalue weighted by Crippen LogP contribution is 2.45. The Labute approximate surface area is 196 Å². The van der Waals surface area contributed by atoms with Crippen molar-refractivity contribution in [2.45, 2.75) is 31.8 Å². The number of aromatic carboxylic acids is 1. The van der Waals surface area contributed by atoms with Crippen molar-refractivity contribution < 1.29 is 19.4 Å². The number of carboxylic acids is 1. The Morgan fingerprint density at radius 1 is 1.12 bits per heavy atom. The summed E-state index contributed by atoms with van der Waals surface area (Å²) in [6, 6.07) is 8.74. The third kappa shape index (κ3) is 4.42. The molecule has 1 aromatic carbocycles. The molecule has 2 aliphatic rings. The first-order chi connectivity index (χ1) is 16.5. The number of hydrogen-bond acceptors (Lipinski definition) is 8. The van der Waals surface area contributed by atoms with E-state index in [2.05, 4.69) is 25.3 Å². The number of nitrogens with zero attached hydrogens (tertiary/aromatic N) is 5. The van der Waals surface area contributed by atoms with Crippen molar-refractivity contribution in [3.8, 4) is 11.5 Å². The highest BCUT2D eigenvalue weighted by atomic mass is 16.5. The maximum Gasteiger partial charge on any atom is 0.356 e. The fourth-order valence-corrected chi connectivity index (χ4v) is 5.16. The molecule has 176 valence electrons. The summed E-state index contributed by atoms with van der Waals surface area (Å²) in [6.07, 6.45) is 8.80. The molecular formula is C24H26N6O4.